The average Bonchev–Trinajstić information content (AvgIpc) is 3.25. The molecule has 6 nitrogen and oxygen atoms in total. The third kappa shape index (κ3) is 3.85. The van der Waals surface area contributed by atoms with Crippen LogP contribution >= 0.6 is 0 Å². The van der Waals surface area contributed by atoms with E-state index >= 15 is 0 Å². The first-order valence-corrected chi connectivity index (χ1v) is 7.36. The van der Waals surface area contributed by atoms with E-state index in [2.05, 4.69) is 22.4 Å². The maximum atomic E-state index is 12.3. The van der Waals surface area contributed by atoms with Crippen molar-refractivity contribution in [1.29, 1.82) is 0 Å². The molecule has 2 aromatic heterocycles. The zero-order chi connectivity index (χ0) is 16.1. The molecule has 0 spiro atoms. The third-order valence-corrected chi connectivity index (χ3v) is 3.52. The molecule has 3 aromatic rings. The SMILES string of the molecule is CN(Cc1ccon1)C(=O)c1cc(CCc2ccccc2)no1. The second-order valence-electron chi connectivity index (χ2n) is 5.32. The van der Waals surface area contributed by atoms with Crippen molar-refractivity contribution in [2.45, 2.75) is 19.4 Å². The molecule has 0 aliphatic heterocycles. The van der Waals surface area contributed by atoms with E-state index in [1.54, 1.807) is 19.2 Å². The van der Waals surface area contributed by atoms with Gasteiger partial charge in [-0.05, 0) is 18.4 Å². The van der Waals surface area contributed by atoms with Gasteiger partial charge in [0.25, 0.3) is 5.91 Å². The van der Waals surface area contributed by atoms with Gasteiger partial charge in [0, 0.05) is 19.2 Å². The number of nitrogens with zero attached hydrogens (tertiary/aromatic N) is 3. The van der Waals surface area contributed by atoms with Crippen LogP contribution in [0.2, 0.25) is 0 Å². The Morgan fingerprint density at radius 2 is 1.91 bits per heavy atom. The minimum atomic E-state index is -0.230. The van der Waals surface area contributed by atoms with Crippen molar-refractivity contribution >= 4 is 5.91 Å². The van der Waals surface area contributed by atoms with E-state index < -0.39 is 0 Å². The maximum absolute atomic E-state index is 12.3. The van der Waals surface area contributed by atoms with Gasteiger partial charge >= 0.3 is 0 Å². The lowest BCUT2D eigenvalue weighted by molar-refractivity contribution is 0.0740. The minimum Gasteiger partial charge on any atom is -0.364 e. The van der Waals surface area contributed by atoms with Gasteiger partial charge in [0.2, 0.25) is 5.76 Å². The Morgan fingerprint density at radius 3 is 2.65 bits per heavy atom. The summed E-state index contributed by atoms with van der Waals surface area (Å²) in [6, 6.07) is 13.6. The van der Waals surface area contributed by atoms with Crippen LogP contribution < -0.4 is 0 Å². The molecular formula is C17H17N3O3. The first-order chi connectivity index (χ1) is 11.2. The van der Waals surface area contributed by atoms with Gasteiger partial charge in [-0.1, -0.05) is 40.6 Å². The van der Waals surface area contributed by atoms with Crippen LogP contribution in [0, 0.1) is 0 Å². The molecule has 0 N–H and O–H groups in total. The molecule has 0 bridgehead atoms. The summed E-state index contributed by atoms with van der Waals surface area (Å²) in [5.74, 6) is 0.00511. The number of hydrogen-bond donors (Lipinski definition) is 0. The predicted molar refractivity (Wildman–Crippen MR) is 82.7 cm³/mol. The number of amides is 1. The highest BCUT2D eigenvalue weighted by molar-refractivity contribution is 5.91. The lowest BCUT2D eigenvalue weighted by Gasteiger charge is -2.12. The Hall–Kier alpha value is -2.89. The molecule has 0 unspecified atom stereocenters. The fraction of sp³-hybridized carbons (Fsp3) is 0.235. The summed E-state index contributed by atoms with van der Waals surface area (Å²) in [6.07, 6.45) is 3.06. The Labute approximate surface area is 133 Å². The van der Waals surface area contributed by atoms with Crippen molar-refractivity contribution in [1.82, 2.24) is 15.2 Å². The molecular weight excluding hydrogens is 294 g/mol. The van der Waals surface area contributed by atoms with Gasteiger partial charge in [0.1, 0.15) is 12.0 Å². The highest BCUT2D eigenvalue weighted by atomic mass is 16.5. The normalized spacial score (nSPS) is 10.7. The van der Waals surface area contributed by atoms with Gasteiger partial charge in [0.05, 0.1) is 12.2 Å². The third-order valence-electron chi connectivity index (χ3n) is 3.52. The molecule has 1 amide bonds. The van der Waals surface area contributed by atoms with Crippen molar-refractivity contribution in [3.05, 3.63) is 71.4 Å². The molecule has 6 heteroatoms. The number of carbonyl (C=O) groups excluding carboxylic acids is 1. The summed E-state index contributed by atoms with van der Waals surface area (Å²) in [7, 11) is 1.68. The van der Waals surface area contributed by atoms with Crippen molar-refractivity contribution in [2.24, 2.45) is 0 Å². The smallest absolute Gasteiger partial charge is 0.292 e. The van der Waals surface area contributed by atoms with Crippen LogP contribution in [0.1, 0.15) is 27.5 Å². The maximum Gasteiger partial charge on any atom is 0.292 e. The Morgan fingerprint density at radius 1 is 1.09 bits per heavy atom. The predicted octanol–water partition coefficient (Wildman–Crippen LogP) is 2.72. The van der Waals surface area contributed by atoms with Crippen LogP contribution in [-0.4, -0.2) is 28.2 Å². The Balaban J connectivity index is 1.58. The molecule has 0 aliphatic carbocycles. The van der Waals surface area contributed by atoms with Crippen LogP contribution in [-0.2, 0) is 19.4 Å². The largest absolute Gasteiger partial charge is 0.364 e. The van der Waals surface area contributed by atoms with E-state index in [9.17, 15) is 4.79 Å². The number of benzene rings is 1. The fourth-order valence-electron chi connectivity index (χ4n) is 2.27. The van der Waals surface area contributed by atoms with Gasteiger partial charge in [0.15, 0.2) is 0 Å². The van der Waals surface area contributed by atoms with E-state index in [1.807, 2.05) is 18.2 Å². The van der Waals surface area contributed by atoms with Gasteiger partial charge in [-0.15, -0.1) is 0 Å². The molecule has 3 rings (SSSR count). The highest BCUT2D eigenvalue weighted by Crippen LogP contribution is 2.11. The summed E-state index contributed by atoms with van der Waals surface area (Å²) < 4.78 is 9.93. The minimum absolute atomic E-state index is 0.230. The van der Waals surface area contributed by atoms with Crippen LogP contribution in [0.3, 0.4) is 0 Å². The Kier molecular flexibility index (Phi) is 4.52. The molecule has 0 radical (unpaired) electrons. The number of aromatic nitrogens is 2. The first-order valence-electron chi connectivity index (χ1n) is 7.36. The zero-order valence-electron chi connectivity index (χ0n) is 12.8. The summed E-state index contributed by atoms with van der Waals surface area (Å²) in [4.78, 5) is 13.8. The number of aryl methyl sites for hydroxylation is 2. The van der Waals surface area contributed by atoms with E-state index in [4.69, 9.17) is 9.05 Å². The molecule has 118 valence electrons. The van der Waals surface area contributed by atoms with Crippen LogP contribution in [0.15, 0.2) is 57.8 Å². The fourth-order valence-corrected chi connectivity index (χ4v) is 2.27. The molecule has 23 heavy (non-hydrogen) atoms. The van der Waals surface area contributed by atoms with Gasteiger partial charge in [-0.2, -0.15) is 0 Å². The van der Waals surface area contributed by atoms with Crippen molar-refractivity contribution in [3.63, 3.8) is 0 Å². The molecule has 2 heterocycles. The second-order valence-corrected chi connectivity index (χ2v) is 5.32. The number of hydrogen-bond acceptors (Lipinski definition) is 5. The van der Waals surface area contributed by atoms with E-state index in [1.165, 1.54) is 16.7 Å². The van der Waals surface area contributed by atoms with Gasteiger partial charge in [-0.25, -0.2) is 0 Å². The van der Waals surface area contributed by atoms with E-state index in [-0.39, 0.29) is 11.7 Å². The highest BCUT2D eigenvalue weighted by Gasteiger charge is 2.18. The average molecular weight is 311 g/mol. The standard InChI is InChI=1S/C17H17N3O3/c1-20(12-15-9-10-22-18-15)17(21)16-11-14(19-23-16)8-7-13-5-3-2-4-6-13/h2-6,9-11H,7-8,12H2,1H3. The van der Waals surface area contributed by atoms with Crippen molar-refractivity contribution < 1.29 is 13.8 Å². The summed E-state index contributed by atoms with van der Waals surface area (Å²) in [5.41, 5.74) is 2.68. The molecule has 0 atom stereocenters. The molecule has 0 saturated heterocycles. The van der Waals surface area contributed by atoms with E-state index in [0.29, 0.717) is 12.2 Å². The lowest BCUT2D eigenvalue weighted by atomic mass is 10.1. The quantitative estimate of drug-likeness (QED) is 0.700. The summed E-state index contributed by atoms with van der Waals surface area (Å²) >= 11 is 0. The van der Waals surface area contributed by atoms with Crippen LogP contribution in [0.5, 0.6) is 0 Å². The Bertz CT molecular complexity index is 751. The van der Waals surface area contributed by atoms with Gasteiger partial charge in [-0.3, -0.25) is 4.79 Å². The summed E-state index contributed by atoms with van der Waals surface area (Å²) in [6.45, 7) is 0.357. The number of carbonyl (C=O) groups is 1. The van der Waals surface area contributed by atoms with Crippen molar-refractivity contribution in [3.8, 4) is 0 Å². The van der Waals surface area contributed by atoms with Gasteiger partial charge < -0.3 is 13.9 Å². The van der Waals surface area contributed by atoms with E-state index in [0.717, 1.165) is 18.5 Å². The van der Waals surface area contributed by atoms with Crippen molar-refractivity contribution in [2.75, 3.05) is 7.05 Å². The topological polar surface area (TPSA) is 72.4 Å². The zero-order valence-corrected chi connectivity index (χ0v) is 12.8. The van der Waals surface area contributed by atoms with Crippen LogP contribution in [0.25, 0.3) is 0 Å². The molecule has 1 aromatic carbocycles. The van der Waals surface area contributed by atoms with Crippen LogP contribution in [0.4, 0.5) is 0 Å². The second kappa shape index (κ2) is 6.91. The molecule has 0 fully saturated rings. The molecule has 0 aliphatic rings. The number of rotatable bonds is 6. The lowest BCUT2D eigenvalue weighted by Crippen LogP contribution is -2.25. The molecule has 0 saturated carbocycles. The first kappa shape index (κ1) is 15.0. The monoisotopic (exact) mass is 311 g/mol. The summed E-state index contributed by atoms with van der Waals surface area (Å²) in [5, 5.41) is 7.76.